The Balaban J connectivity index is 1.64. The molecule has 2 aliphatic rings. The highest BCUT2D eigenvalue weighted by Crippen LogP contribution is 2.34. The van der Waals surface area contributed by atoms with Crippen molar-refractivity contribution in [1.29, 1.82) is 0 Å². The molecule has 0 saturated carbocycles. The molecule has 3 unspecified atom stereocenters. The number of amides is 1. The summed E-state index contributed by atoms with van der Waals surface area (Å²) in [5, 5.41) is 2.96. The topological polar surface area (TPSA) is 51.5 Å². The van der Waals surface area contributed by atoms with Crippen molar-refractivity contribution in [3.05, 3.63) is 24.2 Å². The summed E-state index contributed by atoms with van der Waals surface area (Å²) >= 11 is 0. The second-order valence-corrected chi connectivity index (χ2v) is 4.17. The van der Waals surface area contributed by atoms with Crippen LogP contribution in [0.5, 0.6) is 0 Å². The van der Waals surface area contributed by atoms with Gasteiger partial charge in [-0.3, -0.25) is 4.79 Å². The number of carbonyl (C=O) groups is 1. The molecule has 2 aliphatic heterocycles. The van der Waals surface area contributed by atoms with E-state index in [2.05, 4.69) is 5.32 Å². The lowest BCUT2D eigenvalue weighted by Gasteiger charge is -2.19. The molecule has 0 aliphatic carbocycles. The standard InChI is InChI=1S/C11H13NO3/c13-11(10-2-1-5-14-10)12-8-6-7-3-4-9(8)15-7/h1-2,5,7-9H,3-4,6H2,(H,12,13). The number of fused-ring (bicyclic) bond motifs is 2. The van der Waals surface area contributed by atoms with Gasteiger partial charge in [-0.05, 0) is 31.4 Å². The predicted molar refractivity (Wildman–Crippen MR) is 52.5 cm³/mol. The molecule has 80 valence electrons. The second kappa shape index (κ2) is 3.38. The molecule has 4 heteroatoms. The minimum Gasteiger partial charge on any atom is -0.459 e. The summed E-state index contributed by atoms with van der Waals surface area (Å²) in [5.74, 6) is 0.235. The summed E-state index contributed by atoms with van der Waals surface area (Å²) in [7, 11) is 0. The fraction of sp³-hybridized carbons (Fsp3) is 0.545. The predicted octanol–water partition coefficient (Wildman–Crippen LogP) is 1.33. The molecular weight excluding hydrogens is 194 g/mol. The van der Waals surface area contributed by atoms with E-state index in [1.165, 1.54) is 6.26 Å². The van der Waals surface area contributed by atoms with E-state index < -0.39 is 0 Å². The summed E-state index contributed by atoms with van der Waals surface area (Å²) in [4.78, 5) is 11.7. The Morgan fingerprint density at radius 2 is 2.40 bits per heavy atom. The average molecular weight is 207 g/mol. The molecule has 3 atom stereocenters. The van der Waals surface area contributed by atoms with E-state index in [4.69, 9.17) is 9.15 Å². The van der Waals surface area contributed by atoms with Gasteiger partial charge in [0.15, 0.2) is 5.76 Å². The van der Waals surface area contributed by atoms with Crippen LogP contribution in [0.25, 0.3) is 0 Å². The van der Waals surface area contributed by atoms with Crippen LogP contribution in [0.1, 0.15) is 29.8 Å². The maximum absolute atomic E-state index is 11.7. The van der Waals surface area contributed by atoms with E-state index in [9.17, 15) is 4.79 Å². The van der Waals surface area contributed by atoms with Crippen molar-refractivity contribution in [2.24, 2.45) is 0 Å². The van der Waals surface area contributed by atoms with Crippen LogP contribution in [0.4, 0.5) is 0 Å². The molecule has 3 heterocycles. The molecule has 0 aromatic carbocycles. The van der Waals surface area contributed by atoms with Crippen LogP contribution in [0, 0.1) is 0 Å². The Morgan fingerprint density at radius 3 is 3.00 bits per heavy atom. The van der Waals surface area contributed by atoms with Crippen molar-refractivity contribution < 1.29 is 13.9 Å². The summed E-state index contributed by atoms with van der Waals surface area (Å²) < 4.78 is 10.7. The molecule has 0 spiro atoms. The van der Waals surface area contributed by atoms with E-state index in [0.29, 0.717) is 11.9 Å². The maximum Gasteiger partial charge on any atom is 0.287 e. The van der Waals surface area contributed by atoms with Gasteiger partial charge in [-0.1, -0.05) is 0 Å². The third-order valence-corrected chi connectivity index (χ3v) is 3.17. The fourth-order valence-electron chi connectivity index (χ4n) is 2.44. The van der Waals surface area contributed by atoms with Crippen LogP contribution in [-0.4, -0.2) is 24.2 Å². The van der Waals surface area contributed by atoms with Crippen LogP contribution < -0.4 is 5.32 Å². The van der Waals surface area contributed by atoms with Crippen molar-refractivity contribution in [3.63, 3.8) is 0 Å². The Hall–Kier alpha value is -1.29. The second-order valence-electron chi connectivity index (χ2n) is 4.17. The maximum atomic E-state index is 11.7. The number of ether oxygens (including phenoxy) is 1. The van der Waals surface area contributed by atoms with E-state index >= 15 is 0 Å². The minimum atomic E-state index is -0.138. The average Bonchev–Trinajstić information content (AvgIpc) is 2.95. The zero-order chi connectivity index (χ0) is 10.3. The molecule has 2 fully saturated rings. The van der Waals surface area contributed by atoms with Crippen LogP contribution in [-0.2, 0) is 4.74 Å². The third kappa shape index (κ3) is 1.55. The highest BCUT2D eigenvalue weighted by Gasteiger charge is 2.41. The van der Waals surface area contributed by atoms with Crippen LogP contribution in [0.2, 0.25) is 0 Å². The number of hydrogen-bond donors (Lipinski definition) is 1. The number of hydrogen-bond acceptors (Lipinski definition) is 3. The van der Waals surface area contributed by atoms with Crippen molar-refractivity contribution in [2.45, 2.75) is 37.5 Å². The summed E-state index contributed by atoms with van der Waals surface area (Å²) in [6.45, 7) is 0. The van der Waals surface area contributed by atoms with Gasteiger partial charge in [-0.25, -0.2) is 0 Å². The highest BCUT2D eigenvalue weighted by atomic mass is 16.5. The lowest BCUT2D eigenvalue weighted by atomic mass is 9.95. The first-order valence-corrected chi connectivity index (χ1v) is 5.33. The third-order valence-electron chi connectivity index (χ3n) is 3.17. The van der Waals surface area contributed by atoms with E-state index in [1.807, 2.05) is 0 Å². The zero-order valence-electron chi connectivity index (χ0n) is 8.31. The van der Waals surface area contributed by atoms with Crippen molar-refractivity contribution >= 4 is 5.91 Å². The minimum absolute atomic E-state index is 0.138. The zero-order valence-corrected chi connectivity index (χ0v) is 8.31. The molecule has 0 radical (unpaired) electrons. The smallest absolute Gasteiger partial charge is 0.287 e. The van der Waals surface area contributed by atoms with Gasteiger partial charge in [0.25, 0.3) is 5.91 Å². The molecular formula is C11H13NO3. The van der Waals surface area contributed by atoms with Crippen molar-refractivity contribution in [3.8, 4) is 0 Å². The SMILES string of the molecule is O=C(NC1CC2CCC1O2)c1ccco1. The Bertz CT molecular complexity index is 360. The first-order chi connectivity index (χ1) is 7.33. The lowest BCUT2D eigenvalue weighted by Crippen LogP contribution is -2.41. The molecule has 1 amide bonds. The van der Waals surface area contributed by atoms with Gasteiger partial charge < -0.3 is 14.5 Å². The first kappa shape index (κ1) is 8.97. The quantitative estimate of drug-likeness (QED) is 0.796. The number of nitrogens with one attached hydrogen (secondary N) is 1. The van der Waals surface area contributed by atoms with E-state index in [-0.39, 0.29) is 18.1 Å². The molecule has 1 N–H and O–H groups in total. The fourth-order valence-corrected chi connectivity index (χ4v) is 2.44. The number of furan rings is 1. The molecule has 3 rings (SSSR count). The summed E-state index contributed by atoms with van der Waals surface area (Å²) in [5.41, 5.74) is 0. The number of rotatable bonds is 2. The monoisotopic (exact) mass is 207 g/mol. The molecule has 2 saturated heterocycles. The lowest BCUT2D eigenvalue weighted by molar-refractivity contribution is 0.0821. The molecule has 1 aromatic rings. The Morgan fingerprint density at radius 1 is 1.47 bits per heavy atom. The van der Waals surface area contributed by atoms with Gasteiger partial charge in [0, 0.05) is 0 Å². The van der Waals surface area contributed by atoms with E-state index in [1.54, 1.807) is 12.1 Å². The molecule has 4 nitrogen and oxygen atoms in total. The van der Waals surface area contributed by atoms with Gasteiger partial charge >= 0.3 is 0 Å². The van der Waals surface area contributed by atoms with Gasteiger partial charge in [0.05, 0.1) is 24.5 Å². The largest absolute Gasteiger partial charge is 0.459 e. The molecule has 15 heavy (non-hydrogen) atoms. The van der Waals surface area contributed by atoms with Gasteiger partial charge in [0.2, 0.25) is 0 Å². The summed E-state index contributed by atoms with van der Waals surface area (Å²) in [6, 6.07) is 3.55. The van der Waals surface area contributed by atoms with Crippen LogP contribution >= 0.6 is 0 Å². The summed E-state index contributed by atoms with van der Waals surface area (Å²) in [6.07, 6.45) is 5.22. The Labute approximate surface area is 87.6 Å². The van der Waals surface area contributed by atoms with Gasteiger partial charge in [-0.2, -0.15) is 0 Å². The van der Waals surface area contributed by atoms with Gasteiger partial charge in [0.1, 0.15) is 0 Å². The van der Waals surface area contributed by atoms with Crippen LogP contribution in [0.3, 0.4) is 0 Å². The van der Waals surface area contributed by atoms with Crippen LogP contribution in [0.15, 0.2) is 22.8 Å². The Kier molecular flexibility index (Phi) is 2.02. The highest BCUT2D eigenvalue weighted by molar-refractivity contribution is 5.91. The molecule has 1 aromatic heterocycles. The molecule has 2 bridgehead atoms. The van der Waals surface area contributed by atoms with Crippen molar-refractivity contribution in [2.75, 3.05) is 0 Å². The van der Waals surface area contributed by atoms with Crippen molar-refractivity contribution in [1.82, 2.24) is 5.32 Å². The number of carbonyl (C=O) groups excluding carboxylic acids is 1. The first-order valence-electron chi connectivity index (χ1n) is 5.33. The van der Waals surface area contributed by atoms with Gasteiger partial charge in [-0.15, -0.1) is 0 Å². The normalized spacial score (nSPS) is 33.2. The van der Waals surface area contributed by atoms with E-state index in [0.717, 1.165) is 19.3 Å².